The molecule has 3 N–H and O–H groups in total. The lowest BCUT2D eigenvalue weighted by Crippen LogP contribution is -2.32. The molecule has 1 saturated heterocycles. The number of aromatic nitrogens is 2. The SMILES string of the molecule is CC1CCN(Cc2ccc(CNC(=O)c3cncnc3N)cc2)CC1. The van der Waals surface area contributed by atoms with Gasteiger partial charge in [0.05, 0.1) is 5.56 Å². The third-order valence-electron chi connectivity index (χ3n) is 4.75. The Hall–Kier alpha value is -2.47. The second-order valence-corrected chi connectivity index (χ2v) is 6.78. The number of rotatable bonds is 5. The lowest BCUT2D eigenvalue weighted by molar-refractivity contribution is 0.0951. The highest BCUT2D eigenvalue weighted by molar-refractivity contribution is 5.97. The van der Waals surface area contributed by atoms with Gasteiger partial charge in [-0.05, 0) is 43.0 Å². The summed E-state index contributed by atoms with van der Waals surface area (Å²) in [4.78, 5) is 22.3. The van der Waals surface area contributed by atoms with Gasteiger partial charge in [-0.1, -0.05) is 31.2 Å². The third-order valence-corrected chi connectivity index (χ3v) is 4.75. The van der Waals surface area contributed by atoms with E-state index < -0.39 is 0 Å². The molecule has 1 aliphatic rings. The standard InChI is InChI=1S/C19H25N5O/c1-14-6-8-24(9-7-14)12-16-4-2-15(3-5-16)10-22-19(25)17-11-21-13-23-18(17)20/h2-5,11,13-14H,6-10,12H2,1H3,(H,22,25)(H2,20,21,23). The molecule has 3 rings (SSSR count). The Kier molecular flexibility index (Phi) is 5.60. The van der Waals surface area contributed by atoms with E-state index in [0.29, 0.717) is 12.1 Å². The molecule has 1 fully saturated rings. The van der Waals surface area contributed by atoms with E-state index >= 15 is 0 Å². The van der Waals surface area contributed by atoms with Crippen LogP contribution in [0.25, 0.3) is 0 Å². The minimum atomic E-state index is -0.260. The Bertz CT molecular complexity index is 708. The van der Waals surface area contributed by atoms with Crippen molar-refractivity contribution in [3.05, 3.63) is 53.5 Å². The Balaban J connectivity index is 1.51. The van der Waals surface area contributed by atoms with Crippen molar-refractivity contribution < 1.29 is 4.79 Å². The predicted molar refractivity (Wildman–Crippen MR) is 97.7 cm³/mol. The van der Waals surface area contributed by atoms with Crippen molar-refractivity contribution in [1.29, 1.82) is 0 Å². The highest BCUT2D eigenvalue weighted by Gasteiger charge is 2.15. The first-order chi connectivity index (χ1) is 12.1. The van der Waals surface area contributed by atoms with Crippen LogP contribution in [0.5, 0.6) is 0 Å². The molecule has 0 bridgehead atoms. The Morgan fingerprint density at radius 2 is 1.92 bits per heavy atom. The molecule has 1 aliphatic heterocycles. The first-order valence-corrected chi connectivity index (χ1v) is 8.75. The molecule has 0 aliphatic carbocycles. The van der Waals surface area contributed by atoms with Crippen molar-refractivity contribution in [3.8, 4) is 0 Å². The first kappa shape index (κ1) is 17.4. The zero-order valence-corrected chi connectivity index (χ0v) is 14.6. The Morgan fingerprint density at radius 3 is 2.60 bits per heavy atom. The van der Waals surface area contributed by atoms with Crippen LogP contribution in [0.2, 0.25) is 0 Å². The van der Waals surface area contributed by atoms with Crippen molar-refractivity contribution in [2.75, 3.05) is 18.8 Å². The molecule has 2 heterocycles. The summed E-state index contributed by atoms with van der Waals surface area (Å²) >= 11 is 0. The monoisotopic (exact) mass is 339 g/mol. The second kappa shape index (κ2) is 8.07. The van der Waals surface area contributed by atoms with Gasteiger partial charge in [0.15, 0.2) is 0 Å². The number of likely N-dealkylation sites (tertiary alicyclic amines) is 1. The van der Waals surface area contributed by atoms with Crippen LogP contribution in [-0.2, 0) is 13.1 Å². The molecule has 0 unspecified atom stereocenters. The largest absolute Gasteiger partial charge is 0.383 e. The molecule has 0 radical (unpaired) electrons. The molecule has 0 spiro atoms. The third kappa shape index (κ3) is 4.76. The van der Waals surface area contributed by atoms with Gasteiger partial charge in [0.2, 0.25) is 0 Å². The number of piperidine rings is 1. The average molecular weight is 339 g/mol. The number of nitrogens with zero attached hydrogens (tertiary/aromatic N) is 3. The van der Waals surface area contributed by atoms with Crippen molar-refractivity contribution in [1.82, 2.24) is 20.2 Å². The lowest BCUT2D eigenvalue weighted by atomic mass is 9.99. The number of anilines is 1. The van der Waals surface area contributed by atoms with Crippen LogP contribution in [-0.4, -0.2) is 33.9 Å². The van der Waals surface area contributed by atoms with Crippen LogP contribution >= 0.6 is 0 Å². The number of nitrogen functional groups attached to an aromatic ring is 1. The van der Waals surface area contributed by atoms with Crippen molar-refractivity contribution in [3.63, 3.8) is 0 Å². The number of benzene rings is 1. The fraction of sp³-hybridized carbons (Fsp3) is 0.421. The van der Waals surface area contributed by atoms with Gasteiger partial charge < -0.3 is 11.1 Å². The van der Waals surface area contributed by atoms with E-state index in [2.05, 4.69) is 51.4 Å². The molecule has 1 aromatic carbocycles. The maximum Gasteiger partial charge on any atom is 0.256 e. The molecule has 132 valence electrons. The summed E-state index contributed by atoms with van der Waals surface area (Å²) in [7, 11) is 0. The predicted octanol–water partition coefficient (Wildman–Crippen LogP) is 2.22. The van der Waals surface area contributed by atoms with Gasteiger partial charge in [-0.2, -0.15) is 0 Å². The van der Waals surface area contributed by atoms with E-state index in [1.807, 2.05) is 0 Å². The van der Waals surface area contributed by atoms with Gasteiger partial charge in [0.25, 0.3) is 5.91 Å². The van der Waals surface area contributed by atoms with E-state index in [4.69, 9.17) is 5.73 Å². The van der Waals surface area contributed by atoms with E-state index in [9.17, 15) is 4.79 Å². The van der Waals surface area contributed by atoms with Crippen LogP contribution in [0, 0.1) is 5.92 Å². The number of nitrogens with two attached hydrogens (primary N) is 1. The van der Waals surface area contributed by atoms with Gasteiger partial charge >= 0.3 is 0 Å². The number of carbonyl (C=O) groups excluding carboxylic acids is 1. The van der Waals surface area contributed by atoms with E-state index in [1.54, 1.807) is 0 Å². The van der Waals surface area contributed by atoms with Gasteiger partial charge in [-0.3, -0.25) is 9.69 Å². The quantitative estimate of drug-likeness (QED) is 0.872. The molecule has 25 heavy (non-hydrogen) atoms. The highest BCUT2D eigenvalue weighted by Crippen LogP contribution is 2.18. The van der Waals surface area contributed by atoms with Crippen LogP contribution in [0.4, 0.5) is 5.82 Å². The molecule has 0 saturated carbocycles. The maximum atomic E-state index is 12.1. The minimum absolute atomic E-state index is 0.193. The number of hydrogen-bond acceptors (Lipinski definition) is 5. The Labute approximate surface area is 148 Å². The zero-order valence-electron chi connectivity index (χ0n) is 14.6. The number of nitrogens with one attached hydrogen (secondary N) is 1. The van der Waals surface area contributed by atoms with Crippen LogP contribution in [0.1, 0.15) is 41.3 Å². The first-order valence-electron chi connectivity index (χ1n) is 8.75. The molecule has 1 amide bonds. The summed E-state index contributed by atoms with van der Waals surface area (Å²) in [6, 6.07) is 8.40. The van der Waals surface area contributed by atoms with Crippen LogP contribution in [0.3, 0.4) is 0 Å². The van der Waals surface area contributed by atoms with Crippen molar-refractivity contribution in [2.24, 2.45) is 5.92 Å². The van der Waals surface area contributed by atoms with Gasteiger partial charge in [0.1, 0.15) is 12.1 Å². The molecule has 0 atom stereocenters. The zero-order chi connectivity index (χ0) is 17.6. The van der Waals surface area contributed by atoms with E-state index in [1.165, 1.54) is 44.0 Å². The summed E-state index contributed by atoms with van der Waals surface area (Å²) in [6.45, 7) is 6.14. The normalized spacial score (nSPS) is 15.9. The minimum Gasteiger partial charge on any atom is -0.383 e. The van der Waals surface area contributed by atoms with E-state index in [0.717, 1.165) is 18.0 Å². The maximum absolute atomic E-state index is 12.1. The second-order valence-electron chi connectivity index (χ2n) is 6.78. The van der Waals surface area contributed by atoms with Gasteiger partial charge in [-0.15, -0.1) is 0 Å². The summed E-state index contributed by atoms with van der Waals surface area (Å²) in [5.41, 5.74) is 8.36. The summed E-state index contributed by atoms with van der Waals surface area (Å²) in [6.07, 6.45) is 5.33. The number of amides is 1. The topological polar surface area (TPSA) is 84.1 Å². The Morgan fingerprint density at radius 1 is 1.24 bits per heavy atom. The average Bonchev–Trinajstić information content (AvgIpc) is 2.63. The lowest BCUT2D eigenvalue weighted by Gasteiger charge is -2.30. The fourth-order valence-corrected chi connectivity index (χ4v) is 3.03. The molecular weight excluding hydrogens is 314 g/mol. The molecule has 6 heteroatoms. The number of hydrogen-bond donors (Lipinski definition) is 2. The molecule has 2 aromatic rings. The fourth-order valence-electron chi connectivity index (χ4n) is 3.03. The number of carbonyl (C=O) groups is 1. The molecule has 6 nitrogen and oxygen atoms in total. The molecule has 1 aromatic heterocycles. The smallest absolute Gasteiger partial charge is 0.256 e. The summed E-state index contributed by atoms with van der Waals surface area (Å²) in [5, 5.41) is 2.85. The van der Waals surface area contributed by atoms with Gasteiger partial charge in [-0.25, -0.2) is 9.97 Å². The van der Waals surface area contributed by atoms with Crippen LogP contribution < -0.4 is 11.1 Å². The van der Waals surface area contributed by atoms with Crippen LogP contribution in [0.15, 0.2) is 36.8 Å². The van der Waals surface area contributed by atoms with Gasteiger partial charge in [0, 0.05) is 19.3 Å². The molecular formula is C19H25N5O. The van der Waals surface area contributed by atoms with E-state index in [-0.39, 0.29) is 11.7 Å². The summed E-state index contributed by atoms with van der Waals surface area (Å²) in [5.74, 6) is 0.787. The summed E-state index contributed by atoms with van der Waals surface area (Å²) < 4.78 is 0. The van der Waals surface area contributed by atoms with Crippen molar-refractivity contribution in [2.45, 2.75) is 32.9 Å². The van der Waals surface area contributed by atoms with Crippen molar-refractivity contribution >= 4 is 11.7 Å². The highest BCUT2D eigenvalue weighted by atomic mass is 16.1.